The Morgan fingerprint density at radius 2 is 1.88 bits per heavy atom. The van der Waals surface area contributed by atoms with Crippen LogP contribution >= 0.6 is 11.3 Å². The minimum absolute atomic E-state index is 0.300. The van der Waals surface area contributed by atoms with Crippen LogP contribution in [0.5, 0.6) is 0 Å². The Hall–Kier alpha value is -2.38. The van der Waals surface area contributed by atoms with Crippen molar-refractivity contribution in [2.75, 3.05) is 16.2 Å². The van der Waals surface area contributed by atoms with Gasteiger partial charge in [0.2, 0.25) is 0 Å². The van der Waals surface area contributed by atoms with E-state index in [-0.39, 0.29) is 0 Å². The van der Waals surface area contributed by atoms with Gasteiger partial charge in [0.15, 0.2) is 0 Å². The number of hydrogen-bond acceptors (Lipinski definition) is 5. The average molecular weight is 386 g/mol. The maximum absolute atomic E-state index is 12.4. The molecule has 0 aliphatic carbocycles. The molecule has 0 radical (unpaired) electrons. The number of anilines is 2. The summed E-state index contributed by atoms with van der Waals surface area (Å²) in [5.74, 6) is 0.331. The van der Waals surface area contributed by atoms with E-state index in [1.807, 2.05) is 13.0 Å². The van der Waals surface area contributed by atoms with Gasteiger partial charge < -0.3 is 4.90 Å². The van der Waals surface area contributed by atoms with Crippen LogP contribution in [0.15, 0.2) is 58.9 Å². The van der Waals surface area contributed by atoms with Gasteiger partial charge in [-0.25, -0.2) is 13.4 Å². The van der Waals surface area contributed by atoms with E-state index < -0.39 is 10.0 Å². The summed E-state index contributed by atoms with van der Waals surface area (Å²) in [4.78, 5) is 7.52. The minimum Gasteiger partial charge on any atom is -0.366 e. The Morgan fingerprint density at radius 3 is 2.58 bits per heavy atom. The highest BCUT2D eigenvalue weighted by atomic mass is 32.2. The van der Waals surface area contributed by atoms with E-state index in [0.29, 0.717) is 10.0 Å². The third kappa shape index (κ3) is 3.45. The molecule has 1 aromatic carbocycles. The quantitative estimate of drug-likeness (QED) is 0.742. The number of aryl methyl sites for hydroxylation is 1. The van der Waals surface area contributed by atoms with Crippen LogP contribution in [0.1, 0.15) is 16.0 Å². The molecule has 2 aromatic heterocycles. The lowest BCUT2D eigenvalue weighted by Gasteiger charge is -2.30. The standard InChI is InChI=1S/C19H19N3O2S2/c1-14-6-9-19(25-14)26(23,24)21-18-8-7-17(12-20-18)22-11-10-15-4-2-3-5-16(15)13-22/h2-9,12H,10-11,13H2,1H3,(H,20,21). The highest BCUT2D eigenvalue weighted by Crippen LogP contribution is 2.26. The second-order valence-corrected chi connectivity index (χ2v) is 9.51. The molecule has 3 aromatic rings. The summed E-state index contributed by atoms with van der Waals surface area (Å²) in [5.41, 5.74) is 3.72. The van der Waals surface area contributed by atoms with E-state index in [4.69, 9.17) is 0 Å². The molecule has 4 rings (SSSR count). The number of thiophene rings is 1. The molecule has 1 aliphatic heterocycles. The predicted octanol–water partition coefficient (Wildman–Crippen LogP) is 3.82. The fourth-order valence-electron chi connectivity index (χ4n) is 3.09. The SMILES string of the molecule is Cc1ccc(S(=O)(=O)Nc2ccc(N3CCc4ccccc4C3)cn2)s1. The van der Waals surface area contributed by atoms with Gasteiger partial charge in [0.25, 0.3) is 10.0 Å². The van der Waals surface area contributed by atoms with Crippen molar-refractivity contribution in [2.24, 2.45) is 0 Å². The van der Waals surface area contributed by atoms with Crippen molar-refractivity contribution in [3.05, 3.63) is 70.7 Å². The minimum atomic E-state index is -3.58. The van der Waals surface area contributed by atoms with Gasteiger partial charge in [-0.2, -0.15) is 0 Å². The third-order valence-electron chi connectivity index (χ3n) is 4.46. The van der Waals surface area contributed by atoms with Crippen LogP contribution in [0.3, 0.4) is 0 Å². The number of aromatic nitrogens is 1. The first kappa shape index (κ1) is 17.1. The normalized spacial score (nSPS) is 14.1. The summed E-state index contributed by atoms with van der Waals surface area (Å²) in [5, 5.41) is 0. The molecule has 0 bridgehead atoms. The number of nitrogens with zero attached hydrogens (tertiary/aromatic N) is 2. The summed E-state index contributed by atoms with van der Waals surface area (Å²) in [6.07, 6.45) is 2.73. The number of pyridine rings is 1. The average Bonchev–Trinajstić information content (AvgIpc) is 3.09. The second-order valence-electron chi connectivity index (χ2n) is 6.31. The first-order valence-electron chi connectivity index (χ1n) is 8.38. The molecule has 7 heteroatoms. The summed E-state index contributed by atoms with van der Waals surface area (Å²) >= 11 is 1.25. The van der Waals surface area contributed by atoms with E-state index in [2.05, 4.69) is 38.9 Å². The van der Waals surface area contributed by atoms with Crippen LogP contribution in [0, 0.1) is 6.92 Å². The van der Waals surface area contributed by atoms with E-state index in [1.54, 1.807) is 24.4 Å². The van der Waals surface area contributed by atoms with E-state index in [9.17, 15) is 8.42 Å². The van der Waals surface area contributed by atoms with Gasteiger partial charge in [-0.1, -0.05) is 24.3 Å². The van der Waals surface area contributed by atoms with Gasteiger partial charge in [-0.3, -0.25) is 4.72 Å². The largest absolute Gasteiger partial charge is 0.366 e. The van der Waals surface area contributed by atoms with E-state index >= 15 is 0 Å². The van der Waals surface area contributed by atoms with Crippen LogP contribution in [-0.4, -0.2) is 19.9 Å². The maximum Gasteiger partial charge on any atom is 0.272 e. The molecule has 0 saturated heterocycles. The molecular formula is C19H19N3O2S2. The zero-order chi connectivity index (χ0) is 18.1. The Labute approximate surface area is 157 Å². The number of fused-ring (bicyclic) bond motifs is 1. The van der Waals surface area contributed by atoms with Gasteiger partial charge in [0, 0.05) is 18.0 Å². The lowest BCUT2D eigenvalue weighted by molar-refractivity contribution is 0.603. The molecule has 3 heterocycles. The number of nitrogens with one attached hydrogen (secondary N) is 1. The molecule has 0 spiro atoms. The fourth-order valence-corrected chi connectivity index (χ4v) is 5.39. The first-order chi connectivity index (χ1) is 12.5. The smallest absolute Gasteiger partial charge is 0.272 e. The van der Waals surface area contributed by atoms with Crippen LogP contribution in [0.25, 0.3) is 0 Å². The molecule has 0 fully saturated rings. The highest BCUT2D eigenvalue weighted by molar-refractivity contribution is 7.94. The van der Waals surface area contributed by atoms with E-state index in [0.717, 1.165) is 30.1 Å². The molecule has 0 atom stereocenters. The lowest BCUT2D eigenvalue weighted by atomic mass is 10.00. The van der Waals surface area contributed by atoms with Crippen molar-refractivity contribution in [1.29, 1.82) is 0 Å². The van der Waals surface area contributed by atoms with Crippen molar-refractivity contribution in [1.82, 2.24) is 4.98 Å². The zero-order valence-corrected chi connectivity index (χ0v) is 16.0. The van der Waals surface area contributed by atoms with Gasteiger partial charge in [0.1, 0.15) is 10.0 Å². The fraction of sp³-hybridized carbons (Fsp3) is 0.211. The van der Waals surface area contributed by atoms with Crippen LogP contribution in [-0.2, 0) is 23.0 Å². The van der Waals surface area contributed by atoms with Gasteiger partial charge in [-0.15, -0.1) is 11.3 Å². The maximum atomic E-state index is 12.4. The summed E-state index contributed by atoms with van der Waals surface area (Å²) in [6.45, 7) is 3.66. The molecule has 134 valence electrons. The molecule has 0 amide bonds. The zero-order valence-electron chi connectivity index (χ0n) is 14.3. The van der Waals surface area contributed by atoms with Crippen molar-refractivity contribution in [3.8, 4) is 0 Å². The number of sulfonamides is 1. The van der Waals surface area contributed by atoms with Crippen LogP contribution < -0.4 is 9.62 Å². The van der Waals surface area contributed by atoms with Gasteiger partial charge in [-0.05, 0) is 48.7 Å². The lowest BCUT2D eigenvalue weighted by Crippen LogP contribution is -2.30. The molecule has 5 nitrogen and oxygen atoms in total. The molecule has 1 N–H and O–H groups in total. The Morgan fingerprint density at radius 1 is 1.08 bits per heavy atom. The number of rotatable bonds is 4. The molecular weight excluding hydrogens is 366 g/mol. The highest BCUT2D eigenvalue weighted by Gasteiger charge is 2.19. The summed E-state index contributed by atoms with van der Waals surface area (Å²) in [7, 11) is -3.58. The van der Waals surface area contributed by atoms with Crippen molar-refractivity contribution in [3.63, 3.8) is 0 Å². The molecule has 26 heavy (non-hydrogen) atoms. The Bertz CT molecular complexity index is 1030. The number of benzene rings is 1. The Balaban J connectivity index is 1.49. The molecule has 1 aliphatic rings. The summed E-state index contributed by atoms with van der Waals surface area (Å²) < 4.78 is 27.6. The summed E-state index contributed by atoms with van der Waals surface area (Å²) in [6, 6.07) is 15.5. The molecule has 0 saturated carbocycles. The van der Waals surface area contributed by atoms with E-state index in [1.165, 1.54) is 22.5 Å². The first-order valence-corrected chi connectivity index (χ1v) is 10.7. The topological polar surface area (TPSA) is 62.3 Å². The van der Waals surface area contributed by atoms with Crippen molar-refractivity contribution in [2.45, 2.75) is 24.1 Å². The monoisotopic (exact) mass is 385 g/mol. The van der Waals surface area contributed by atoms with Gasteiger partial charge >= 0.3 is 0 Å². The van der Waals surface area contributed by atoms with Crippen LogP contribution in [0.2, 0.25) is 0 Å². The third-order valence-corrected chi connectivity index (χ3v) is 7.31. The number of hydrogen-bond donors (Lipinski definition) is 1. The van der Waals surface area contributed by atoms with Crippen molar-refractivity contribution >= 4 is 32.9 Å². The van der Waals surface area contributed by atoms with Crippen LogP contribution in [0.4, 0.5) is 11.5 Å². The Kier molecular flexibility index (Phi) is 4.42. The van der Waals surface area contributed by atoms with Crippen molar-refractivity contribution < 1.29 is 8.42 Å². The molecule has 0 unspecified atom stereocenters. The van der Waals surface area contributed by atoms with Gasteiger partial charge in [0.05, 0.1) is 11.9 Å². The predicted molar refractivity (Wildman–Crippen MR) is 105 cm³/mol. The second kappa shape index (κ2) is 6.74.